The monoisotopic (exact) mass is 272 g/mol. The Labute approximate surface area is 118 Å². The molecule has 3 rings (SSSR count). The van der Waals surface area contributed by atoms with Gasteiger partial charge >= 0.3 is 0 Å². The molecule has 1 saturated heterocycles. The number of ether oxygens (including phenoxy) is 1. The maximum atomic E-state index is 5.84. The van der Waals surface area contributed by atoms with Gasteiger partial charge in [-0.05, 0) is 30.9 Å². The van der Waals surface area contributed by atoms with E-state index >= 15 is 0 Å². The highest BCUT2D eigenvalue weighted by molar-refractivity contribution is 5.90. The van der Waals surface area contributed by atoms with Crippen molar-refractivity contribution in [2.75, 3.05) is 37.4 Å². The highest BCUT2D eigenvalue weighted by Gasteiger charge is 2.21. The molecule has 1 aromatic heterocycles. The molecular formula is C15H20N4O. The number of hydrogen-bond donors (Lipinski definition) is 1. The zero-order chi connectivity index (χ0) is 13.9. The van der Waals surface area contributed by atoms with E-state index in [2.05, 4.69) is 20.9 Å². The van der Waals surface area contributed by atoms with Gasteiger partial charge in [0, 0.05) is 32.2 Å². The minimum Gasteiger partial charge on any atom is -0.384 e. The van der Waals surface area contributed by atoms with Crippen molar-refractivity contribution in [1.82, 2.24) is 9.97 Å². The number of piperidine rings is 1. The van der Waals surface area contributed by atoms with Gasteiger partial charge in [-0.2, -0.15) is 4.98 Å². The number of para-hydroxylation sites is 1. The van der Waals surface area contributed by atoms with Gasteiger partial charge in [-0.1, -0.05) is 12.1 Å². The Bertz CT molecular complexity index is 593. The predicted octanol–water partition coefficient (Wildman–Crippen LogP) is 2.07. The van der Waals surface area contributed by atoms with E-state index in [1.165, 1.54) is 0 Å². The Morgan fingerprint density at radius 3 is 2.75 bits per heavy atom. The van der Waals surface area contributed by atoms with E-state index in [0.29, 0.717) is 11.9 Å². The van der Waals surface area contributed by atoms with Crippen LogP contribution in [0.1, 0.15) is 12.8 Å². The number of fused-ring (bicyclic) bond motifs is 1. The molecular weight excluding hydrogens is 252 g/mol. The Morgan fingerprint density at radius 1 is 1.25 bits per heavy atom. The first kappa shape index (κ1) is 13.1. The summed E-state index contributed by atoms with van der Waals surface area (Å²) < 4.78 is 5.25. The topological polar surface area (TPSA) is 64.3 Å². The van der Waals surface area contributed by atoms with Crippen LogP contribution in [-0.4, -0.2) is 36.8 Å². The van der Waals surface area contributed by atoms with Crippen LogP contribution in [0.3, 0.4) is 0 Å². The summed E-state index contributed by atoms with van der Waals surface area (Å²) in [6.45, 7) is 2.84. The summed E-state index contributed by atoms with van der Waals surface area (Å²) in [4.78, 5) is 11.1. The van der Waals surface area contributed by atoms with E-state index in [1.54, 1.807) is 7.11 Å². The largest absolute Gasteiger partial charge is 0.384 e. The van der Waals surface area contributed by atoms with Crippen LogP contribution in [0.5, 0.6) is 0 Å². The fraction of sp³-hybridized carbons (Fsp3) is 0.467. The van der Waals surface area contributed by atoms with Crippen LogP contribution in [-0.2, 0) is 4.74 Å². The van der Waals surface area contributed by atoms with E-state index in [9.17, 15) is 0 Å². The Hall–Kier alpha value is -1.88. The van der Waals surface area contributed by atoms with Gasteiger partial charge in [0.25, 0.3) is 0 Å². The van der Waals surface area contributed by atoms with Crippen molar-refractivity contribution in [2.24, 2.45) is 5.92 Å². The second kappa shape index (κ2) is 5.63. The summed E-state index contributed by atoms with van der Waals surface area (Å²) in [6.07, 6.45) is 2.26. The normalized spacial score (nSPS) is 16.8. The van der Waals surface area contributed by atoms with Crippen molar-refractivity contribution in [3.63, 3.8) is 0 Å². The fourth-order valence-electron chi connectivity index (χ4n) is 2.87. The Morgan fingerprint density at radius 2 is 2.00 bits per heavy atom. The summed E-state index contributed by atoms with van der Waals surface area (Å²) in [7, 11) is 1.77. The predicted molar refractivity (Wildman–Crippen MR) is 80.8 cm³/mol. The van der Waals surface area contributed by atoms with E-state index in [-0.39, 0.29) is 0 Å². The summed E-state index contributed by atoms with van der Waals surface area (Å²) in [5, 5.41) is 1.08. The molecule has 1 fully saturated rings. The third kappa shape index (κ3) is 2.54. The van der Waals surface area contributed by atoms with Crippen molar-refractivity contribution in [3.05, 3.63) is 24.3 Å². The lowest BCUT2D eigenvalue weighted by Gasteiger charge is -2.33. The van der Waals surface area contributed by atoms with Gasteiger partial charge in [-0.3, -0.25) is 0 Å². The smallest absolute Gasteiger partial charge is 0.222 e. The highest BCUT2D eigenvalue weighted by atomic mass is 16.5. The molecule has 1 aliphatic rings. The standard InChI is InChI=1S/C15H20N4O/c1-20-10-11-6-8-19(9-7-11)14-12-4-2-3-5-13(12)17-15(16)18-14/h2-5,11H,6-10H2,1H3,(H2,16,17,18). The molecule has 0 aliphatic carbocycles. The molecule has 5 nitrogen and oxygen atoms in total. The second-order valence-corrected chi connectivity index (χ2v) is 5.31. The molecule has 0 atom stereocenters. The molecule has 1 aliphatic heterocycles. The molecule has 5 heteroatoms. The Balaban J connectivity index is 1.87. The maximum Gasteiger partial charge on any atom is 0.222 e. The van der Waals surface area contributed by atoms with Crippen LogP contribution in [0.2, 0.25) is 0 Å². The van der Waals surface area contributed by atoms with E-state index < -0.39 is 0 Å². The maximum absolute atomic E-state index is 5.84. The van der Waals surface area contributed by atoms with Gasteiger partial charge in [-0.15, -0.1) is 0 Å². The number of nitrogens with zero attached hydrogens (tertiary/aromatic N) is 3. The molecule has 0 amide bonds. The first-order valence-electron chi connectivity index (χ1n) is 7.04. The van der Waals surface area contributed by atoms with Crippen LogP contribution in [0, 0.1) is 5.92 Å². The van der Waals surface area contributed by atoms with Crippen molar-refractivity contribution < 1.29 is 4.74 Å². The molecule has 0 unspecified atom stereocenters. The quantitative estimate of drug-likeness (QED) is 0.926. The number of methoxy groups -OCH3 is 1. The average molecular weight is 272 g/mol. The van der Waals surface area contributed by atoms with Gasteiger partial charge in [0.05, 0.1) is 5.52 Å². The van der Waals surface area contributed by atoms with Crippen molar-refractivity contribution in [1.29, 1.82) is 0 Å². The number of benzene rings is 1. The molecule has 0 spiro atoms. The lowest BCUT2D eigenvalue weighted by atomic mass is 9.97. The van der Waals surface area contributed by atoms with Gasteiger partial charge in [-0.25, -0.2) is 4.98 Å². The van der Waals surface area contributed by atoms with Gasteiger partial charge in [0.2, 0.25) is 5.95 Å². The van der Waals surface area contributed by atoms with Gasteiger partial charge in [0.1, 0.15) is 5.82 Å². The van der Waals surface area contributed by atoms with E-state index in [0.717, 1.165) is 49.3 Å². The number of nitrogens with two attached hydrogens (primary N) is 1. The zero-order valence-electron chi connectivity index (χ0n) is 11.7. The number of nitrogen functional groups attached to an aromatic ring is 1. The number of rotatable bonds is 3. The molecule has 0 radical (unpaired) electrons. The third-order valence-electron chi connectivity index (χ3n) is 3.92. The second-order valence-electron chi connectivity index (χ2n) is 5.31. The third-order valence-corrected chi connectivity index (χ3v) is 3.92. The van der Waals surface area contributed by atoms with Crippen LogP contribution >= 0.6 is 0 Å². The molecule has 2 heterocycles. The molecule has 1 aromatic carbocycles. The molecule has 2 N–H and O–H groups in total. The van der Waals surface area contributed by atoms with Crippen molar-refractivity contribution in [3.8, 4) is 0 Å². The zero-order valence-corrected chi connectivity index (χ0v) is 11.7. The molecule has 0 saturated carbocycles. The Kier molecular flexibility index (Phi) is 3.69. The number of anilines is 2. The van der Waals surface area contributed by atoms with Crippen molar-refractivity contribution >= 4 is 22.7 Å². The van der Waals surface area contributed by atoms with Crippen LogP contribution in [0.4, 0.5) is 11.8 Å². The SMILES string of the molecule is COCC1CCN(c2nc(N)nc3ccccc23)CC1. The van der Waals surface area contributed by atoms with Crippen LogP contribution in [0.25, 0.3) is 10.9 Å². The average Bonchev–Trinajstić information content (AvgIpc) is 2.47. The van der Waals surface area contributed by atoms with E-state index in [4.69, 9.17) is 10.5 Å². The lowest BCUT2D eigenvalue weighted by Crippen LogP contribution is -2.35. The van der Waals surface area contributed by atoms with Crippen molar-refractivity contribution in [2.45, 2.75) is 12.8 Å². The van der Waals surface area contributed by atoms with Gasteiger partial charge < -0.3 is 15.4 Å². The van der Waals surface area contributed by atoms with Crippen LogP contribution in [0.15, 0.2) is 24.3 Å². The number of aromatic nitrogens is 2. The molecule has 106 valence electrons. The highest BCUT2D eigenvalue weighted by Crippen LogP contribution is 2.28. The minimum absolute atomic E-state index is 0.345. The first-order chi connectivity index (χ1) is 9.78. The summed E-state index contributed by atoms with van der Waals surface area (Å²) >= 11 is 0. The summed E-state index contributed by atoms with van der Waals surface area (Å²) in [6, 6.07) is 8.03. The molecule has 0 bridgehead atoms. The first-order valence-corrected chi connectivity index (χ1v) is 7.04. The van der Waals surface area contributed by atoms with E-state index in [1.807, 2.05) is 18.2 Å². The lowest BCUT2D eigenvalue weighted by molar-refractivity contribution is 0.139. The summed E-state index contributed by atoms with van der Waals surface area (Å²) in [5.41, 5.74) is 6.75. The fourth-order valence-corrected chi connectivity index (χ4v) is 2.87. The summed E-state index contributed by atoms with van der Waals surface area (Å²) in [5.74, 6) is 1.96. The minimum atomic E-state index is 0.345. The molecule has 2 aromatic rings. The van der Waals surface area contributed by atoms with Crippen LogP contribution < -0.4 is 10.6 Å². The number of hydrogen-bond acceptors (Lipinski definition) is 5. The molecule has 20 heavy (non-hydrogen) atoms. The van der Waals surface area contributed by atoms with Gasteiger partial charge in [0.15, 0.2) is 0 Å².